The molecule has 0 aliphatic heterocycles. The molecule has 0 radical (unpaired) electrons. The van der Waals surface area contributed by atoms with Crippen molar-refractivity contribution in [3.05, 3.63) is 115 Å². The number of aliphatic hydroxyl groups is 2. The van der Waals surface area contributed by atoms with E-state index in [4.69, 9.17) is 42.1 Å². The lowest BCUT2D eigenvalue weighted by Crippen LogP contribution is -2.26. The number of amides is 1. The second kappa shape index (κ2) is 24.6. The van der Waals surface area contributed by atoms with Crippen LogP contribution in [0.4, 0.5) is 0 Å². The molecule has 2 unspecified atom stereocenters. The summed E-state index contributed by atoms with van der Waals surface area (Å²) in [4.78, 5) is 13.7. The van der Waals surface area contributed by atoms with Gasteiger partial charge in [0.05, 0.1) is 51.1 Å². The Morgan fingerprint density at radius 3 is 1.92 bits per heavy atom. The summed E-state index contributed by atoms with van der Waals surface area (Å²) in [6.07, 6.45) is 7.57. The Hall–Kier alpha value is -3.15. The summed E-state index contributed by atoms with van der Waals surface area (Å²) < 4.78 is 23.7. The zero-order valence-corrected chi connectivity index (χ0v) is 39.3. The molecule has 2 aliphatic carbocycles. The predicted molar refractivity (Wildman–Crippen MR) is 248 cm³/mol. The molecule has 2 fully saturated rings. The van der Waals surface area contributed by atoms with Crippen molar-refractivity contribution >= 4 is 40.4 Å². The summed E-state index contributed by atoms with van der Waals surface area (Å²) in [5, 5.41) is 21.9. The number of alkyl halides is 2. The van der Waals surface area contributed by atoms with E-state index >= 15 is 0 Å². The molecule has 1 aromatic heterocycles. The number of nitrogens with one attached hydrogen (secondary N) is 1. The Morgan fingerprint density at radius 1 is 0.738 bits per heavy atom. The van der Waals surface area contributed by atoms with E-state index in [1.165, 1.54) is 40.0 Å². The van der Waals surface area contributed by atoms with Crippen molar-refractivity contribution in [2.45, 2.75) is 117 Å². The van der Waals surface area contributed by atoms with Crippen LogP contribution in [0.3, 0.4) is 0 Å². The van der Waals surface area contributed by atoms with E-state index < -0.39 is 0 Å². The first-order valence-corrected chi connectivity index (χ1v) is 23.6. The molecule has 8 nitrogen and oxygen atoms in total. The van der Waals surface area contributed by atoms with Crippen LogP contribution in [0.2, 0.25) is 0 Å². The standard InChI is InChI=1S/C25H34ClNO4S.C25H33ClO3/c1-5-27-25(28)24-9-7-20(32-24)13-30-12-18-6-8-23(26)22(18)15-31-19-10-16(2)21(14-29-4)17(3)11-19;1-17-11-22(12-18(2)23(17)15-28)29-16-24-21(9-10-25(24)26)8-4-6-19-5-3-7-20(13-19)14-27/h7,9-11,18,22-23H,5-6,8,12-15H2,1-4H3,(H,27,28);3,5,7,11-13,21,24-25,27-28H,4,6,8-10,14-16H2,1-2H3/t18-,22-,23?;21-,24+,25?/m10/s1. The van der Waals surface area contributed by atoms with Crippen LogP contribution in [-0.2, 0) is 42.3 Å². The number of benzene rings is 3. The molecule has 2 saturated carbocycles. The highest BCUT2D eigenvalue weighted by molar-refractivity contribution is 7.14. The quantitative estimate of drug-likeness (QED) is 0.0759. The van der Waals surface area contributed by atoms with Crippen LogP contribution in [-0.4, -0.2) is 60.3 Å². The third-order valence-electron chi connectivity index (χ3n) is 12.5. The maximum atomic E-state index is 11.9. The molecule has 1 heterocycles. The Bertz CT molecular complexity index is 1940. The van der Waals surface area contributed by atoms with Gasteiger partial charge in [0.15, 0.2) is 0 Å². The second-order valence-electron chi connectivity index (χ2n) is 16.8. The molecule has 61 heavy (non-hydrogen) atoms. The van der Waals surface area contributed by atoms with Gasteiger partial charge in [-0.15, -0.1) is 34.5 Å². The van der Waals surface area contributed by atoms with E-state index in [0.717, 1.165) is 82.0 Å². The van der Waals surface area contributed by atoms with Crippen LogP contribution in [0.25, 0.3) is 0 Å². The number of aryl methyl sites for hydroxylation is 5. The average Bonchev–Trinajstić information content (AvgIpc) is 3.96. The molecular formula is C50H67Cl2NO7S. The normalized spacial score (nSPS) is 21.0. The number of carbonyl (C=O) groups excluding carboxylic acids is 1. The summed E-state index contributed by atoms with van der Waals surface area (Å²) >= 11 is 14.8. The summed E-state index contributed by atoms with van der Waals surface area (Å²) in [6, 6.07) is 20.2. The van der Waals surface area contributed by atoms with Gasteiger partial charge in [0.25, 0.3) is 5.91 Å². The summed E-state index contributed by atoms with van der Waals surface area (Å²) in [7, 11) is 1.72. The van der Waals surface area contributed by atoms with E-state index in [9.17, 15) is 15.0 Å². The first kappa shape index (κ1) is 48.9. The van der Waals surface area contributed by atoms with Gasteiger partial charge in [-0.3, -0.25) is 4.79 Å². The van der Waals surface area contributed by atoms with Crippen LogP contribution >= 0.6 is 34.5 Å². The molecule has 11 heteroatoms. The molecule has 334 valence electrons. The van der Waals surface area contributed by atoms with E-state index in [-0.39, 0.29) is 35.8 Å². The molecule has 2 aliphatic rings. The highest BCUT2D eigenvalue weighted by atomic mass is 35.5. The monoisotopic (exact) mass is 895 g/mol. The third-order valence-corrected chi connectivity index (χ3v) is 14.6. The summed E-state index contributed by atoms with van der Waals surface area (Å²) in [6.45, 7) is 13.9. The topological polar surface area (TPSA) is 106 Å². The molecule has 0 saturated heterocycles. The maximum absolute atomic E-state index is 11.9. The highest BCUT2D eigenvalue weighted by Gasteiger charge is 2.36. The molecule has 6 atom stereocenters. The van der Waals surface area contributed by atoms with Crippen LogP contribution in [0.5, 0.6) is 11.5 Å². The first-order valence-electron chi connectivity index (χ1n) is 21.9. The van der Waals surface area contributed by atoms with Crippen molar-refractivity contribution < 1.29 is 34.0 Å². The number of aliphatic hydroxyl groups excluding tert-OH is 2. The minimum absolute atomic E-state index is 0.0255. The largest absolute Gasteiger partial charge is 0.493 e. The van der Waals surface area contributed by atoms with Gasteiger partial charge in [-0.25, -0.2) is 0 Å². The smallest absolute Gasteiger partial charge is 0.261 e. The number of hydrogen-bond acceptors (Lipinski definition) is 8. The van der Waals surface area contributed by atoms with Gasteiger partial charge in [-0.05, 0) is 172 Å². The molecule has 6 rings (SSSR count). The van der Waals surface area contributed by atoms with Crippen molar-refractivity contribution in [3.63, 3.8) is 0 Å². The highest BCUT2D eigenvalue weighted by Crippen LogP contribution is 2.40. The molecule has 3 N–H and O–H groups in total. The predicted octanol–water partition coefficient (Wildman–Crippen LogP) is 10.8. The Balaban J connectivity index is 0.000000232. The number of thiophene rings is 1. The lowest BCUT2D eigenvalue weighted by Gasteiger charge is -2.23. The fourth-order valence-corrected chi connectivity index (χ4v) is 10.6. The zero-order valence-electron chi connectivity index (χ0n) is 36.9. The van der Waals surface area contributed by atoms with E-state index in [1.807, 2.05) is 57.2 Å². The number of carbonyl (C=O) groups is 1. The lowest BCUT2D eigenvalue weighted by molar-refractivity contribution is 0.0656. The van der Waals surface area contributed by atoms with Gasteiger partial charge < -0.3 is 34.5 Å². The Morgan fingerprint density at radius 2 is 1.33 bits per heavy atom. The molecule has 4 aromatic rings. The van der Waals surface area contributed by atoms with Crippen molar-refractivity contribution in [3.8, 4) is 11.5 Å². The van der Waals surface area contributed by atoms with Gasteiger partial charge in [-0.2, -0.15) is 0 Å². The van der Waals surface area contributed by atoms with Crippen molar-refractivity contribution in [1.29, 1.82) is 0 Å². The lowest BCUT2D eigenvalue weighted by atomic mass is 9.90. The minimum atomic E-state index is -0.0255. The van der Waals surface area contributed by atoms with Crippen LogP contribution in [0.1, 0.15) is 105 Å². The average molecular weight is 897 g/mol. The number of methoxy groups -OCH3 is 1. The van der Waals surface area contributed by atoms with Crippen LogP contribution in [0, 0.1) is 51.4 Å². The summed E-state index contributed by atoms with van der Waals surface area (Å²) in [5.41, 5.74) is 8.96. The number of ether oxygens (including phenoxy) is 4. The Kier molecular flexibility index (Phi) is 19.7. The third kappa shape index (κ3) is 14.2. The molecule has 0 bridgehead atoms. The van der Waals surface area contributed by atoms with Crippen molar-refractivity contribution in [2.24, 2.45) is 23.7 Å². The number of rotatable bonds is 20. The second-order valence-corrected chi connectivity index (χ2v) is 19.1. The fraction of sp³-hybridized carbons (Fsp3) is 0.540. The minimum Gasteiger partial charge on any atom is -0.493 e. The van der Waals surface area contributed by atoms with Gasteiger partial charge >= 0.3 is 0 Å². The van der Waals surface area contributed by atoms with Gasteiger partial charge in [-0.1, -0.05) is 24.3 Å². The number of hydrogen-bond donors (Lipinski definition) is 3. The summed E-state index contributed by atoms with van der Waals surface area (Å²) in [5.74, 6) is 3.32. The van der Waals surface area contributed by atoms with Crippen molar-refractivity contribution in [1.82, 2.24) is 5.32 Å². The maximum Gasteiger partial charge on any atom is 0.261 e. The van der Waals surface area contributed by atoms with Gasteiger partial charge in [0.2, 0.25) is 0 Å². The van der Waals surface area contributed by atoms with Crippen LogP contribution in [0.15, 0.2) is 60.7 Å². The van der Waals surface area contributed by atoms with Gasteiger partial charge in [0.1, 0.15) is 11.5 Å². The molecule has 0 spiro atoms. The van der Waals surface area contributed by atoms with E-state index in [1.54, 1.807) is 7.11 Å². The fourth-order valence-electron chi connectivity index (χ4n) is 8.91. The Labute approximate surface area is 378 Å². The number of halogens is 2. The van der Waals surface area contributed by atoms with Crippen molar-refractivity contribution in [2.75, 3.05) is 33.5 Å². The SMILES string of the molecule is CCNC(=O)c1ccc(COC[C@H]2CCC(Cl)[C@@H]2COc2cc(C)c(COC)c(C)c2)s1.Cc1cc(OC[C@H]2C(Cl)CC[C@@H]2CCCc2cccc(CO)c2)cc(C)c1CO. The zero-order chi connectivity index (χ0) is 43.9. The molecule has 1 amide bonds. The molecular weight excluding hydrogens is 830 g/mol. The molecule has 3 aromatic carbocycles. The van der Waals surface area contributed by atoms with E-state index in [0.29, 0.717) is 57.3 Å². The van der Waals surface area contributed by atoms with Crippen LogP contribution < -0.4 is 14.8 Å². The van der Waals surface area contributed by atoms with E-state index in [2.05, 4.69) is 43.4 Å². The van der Waals surface area contributed by atoms with Gasteiger partial charge in [0, 0.05) is 41.1 Å². The first-order chi connectivity index (χ1) is 29.4.